The molecule has 4 rings (SSSR count). The van der Waals surface area contributed by atoms with Crippen LogP contribution in [0, 0.1) is 5.82 Å². The molecule has 1 unspecified atom stereocenters. The van der Waals surface area contributed by atoms with Crippen molar-refractivity contribution >= 4 is 23.4 Å². The van der Waals surface area contributed by atoms with Gasteiger partial charge in [-0.15, -0.1) is 0 Å². The van der Waals surface area contributed by atoms with Crippen LogP contribution in [-0.4, -0.2) is 26.8 Å². The summed E-state index contributed by atoms with van der Waals surface area (Å²) in [7, 11) is 0. The summed E-state index contributed by atoms with van der Waals surface area (Å²) >= 11 is 0. The zero-order valence-electron chi connectivity index (χ0n) is 14.5. The summed E-state index contributed by atoms with van der Waals surface area (Å²) in [5, 5.41) is 19.1. The van der Waals surface area contributed by atoms with E-state index in [1.807, 2.05) is 30.3 Å². The van der Waals surface area contributed by atoms with Gasteiger partial charge in [-0.3, -0.25) is 4.79 Å². The number of halogens is 1. The minimum Gasteiger partial charge on any atom is -0.477 e. The maximum atomic E-state index is 13.4. The Morgan fingerprint density at radius 2 is 1.93 bits per heavy atom. The van der Waals surface area contributed by atoms with Crippen molar-refractivity contribution in [1.29, 1.82) is 0 Å². The largest absolute Gasteiger partial charge is 0.477 e. The molecular formula is C20H15FN4O3. The molecular weight excluding hydrogens is 363 g/mol. The van der Waals surface area contributed by atoms with E-state index >= 15 is 0 Å². The van der Waals surface area contributed by atoms with E-state index < -0.39 is 23.7 Å². The first-order valence-electron chi connectivity index (χ1n) is 8.44. The average Bonchev–Trinajstić information content (AvgIpc) is 3.12. The normalized spacial score (nSPS) is 15.2. The van der Waals surface area contributed by atoms with E-state index in [0.717, 1.165) is 5.56 Å². The second-order valence-electron chi connectivity index (χ2n) is 6.18. The van der Waals surface area contributed by atoms with Crippen molar-refractivity contribution < 1.29 is 19.1 Å². The smallest absolute Gasteiger partial charge is 0.352 e. The number of carbonyl (C=O) groups is 2. The minimum absolute atomic E-state index is 0.0540. The second kappa shape index (κ2) is 6.99. The lowest BCUT2D eigenvalue weighted by molar-refractivity contribution is -0.132. The Morgan fingerprint density at radius 3 is 2.64 bits per heavy atom. The van der Waals surface area contributed by atoms with Gasteiger partial charge in [-0.25, -0.2) is 13.9 Å². The highest BCUT2D eigenvalue weighted by Gasteiger charge is 2.29. The van der Waals surface area contributed by atoms with Gasteiger partial charge in [0.15, 0.2) is 0 Å². The first-order chi connectivity index (χ1) is 13.5. The first kappa shape index (κ1) is 17.5. The van der Waals surface area contributed by atoms with Crippen molar-refractivity contribution in [2.24, 2.45) is 0 Å². The fourth-order valence-electron chi connectivity index (χ4n) is 3.04. The molecule has 28 heavy (non-hydrogen) atoms. The molecule has 0 saturated heterocycles. The highest BCUT2D eigenvalue weighted by molar-refractivity contribution is 6.08. The Balaban J connectivity index is 1.71. The predicted molar refractivity (Wildman–Crippen MR) is 101 cm³/mol. The van der Waals surface area contributed by atoms with Gasteiger partial charge in [0.1, 0.15) is 22.9 Å². The summed E-state index contributed by atoms with van der Waals surface area (Å²) in [5.74, 6) is -1.90. The van der Waals surface area contributed by atoms with Crippen molar-refractivity contribution in [2.75, 3.05) is 10.6 Å². The molecule has 2 heterocycles. The maximum absolute atomic E-state index is 13.4. The molecule has 7 nitrogen and oxygen atoms in total. The highest BCUT2D eigenvalue weighted by atomic mass is 19.1. The number of amides is 1. The molecule has 0 radical (unpaired) electrons. The number of aromatic nitrogens is 2. The van der Waals surface area contributed by atoms with E-state index in [9.17, 15) is 19.1 Å². The van der Waals surface area contributed by atoms with Crippen LogP contribution in [0.2, 0.25) is 0 Å². The summed E-state index contributed by atoms with van der Waals surface area (Å²) in [6.45, 7) is 0. The second-order valence-corrected chi connectivity index (χ2v) is 6.18. The first-order valence-corrected chi connectivity index (χ1v) is 8.44. The van der Waals surface area contributed by atoms with Gasteiger partial charge in [-0.05, 0) is 29.8 Å². The number of carbonyl (C=O) groups excluding carboxylic acids is 1. The fraction of sp³-hybridized carbons (Fsp3) is 0.0500. The number of hydrogen-bond acceptors (Lipinski definition) is 4. The number of carboxylic acid groups (broad SMARTS) is 1. The maximum Gasteiger partial charge on any atom is 0.352 e. The summed E-state index contributed by atoms with van der Waals surface area (Å²) in [4.78, 5) is 24.3. The molecule has 1 aliphatic rings. The van der Waals surface area contributed by atoms with Crippen LogP contribution in [0.3, 0.4) is 0 Å². The third kappa shape index (κ3) is 3.23. The SMILES string of the molecule is O=C(O)C1=CC(c2ccccc2)n2ncc(C(=O)Nc3cccc(F)c3)c2N1. The van der Waals surface area contributed by atoms with E-state index in [1.165, 1.54) is 30.5 Å². The van der Waals surface area contributed by atoms with Crippen LogP contribution in [-0.2, 0) is 4.79 Å². The summed E-state index contributed by atoms with van der Waals surface area (Å²) in [6.07, 6.45) is 2.89. The van der Waals surface area contributed by atoms with Gasteiger partial charge >= 0.3 is 5.97 Å². The Bertz CT molecular complexity index is 1090. The molecule has 0 bridgehead atoms. The van der Waals surface area contributed by atoms with Gasteiger partial charge in [0.2, 0.25) is 0 Å². The van der Waals surface area contributed by atoms with Crippen molar-refractivity contribution in [2.45, 2.75) is 6.04 Å². The Labute approximate surface area is 159 Å². The van der Waals surface area contributed by atoms with Crippen molar-refractivity contribution in [3.8, 4) is 0 Å². The summed E-state index contributed by atoms with van der Waals surface area (Å²) in [5.41, 5.74) is 1.21. The fourth-order valence-corrected chi connectivity index (χ4v) is 3.04. The summed E-state index contributed by atoms with van der Waals surface area (Å²) < 4.78 is 14.9. The number of benzene rings is 2. The molecule has 3 aromatic rings. The van der Waals surface area contributed by atoms with Crippen LogP contribution in [0.5, 0.6) is 0 Å². The van der Waals surface area contributed by atoms with Crippen LogP contribution < -0.4 is 10.6 Å². The Hall–Kier alpha value is -3.94. The van der Waals surface area contributed by atoms with Crippen molar-refractivity contribution in [3.63, 3.8) is 0 Å². The summed E-state index contributed by atoms with van der Waals surface area (Å²) in [6, 6.07) is 14.2. The molecule has 140 valence electrons. The molecule has 0 aliphatic carbocycles. The zero-order valence-corrected chi connectivity index (χ0v) is 14.5. The topological polar surface area (TPSA) is 96.2 Å². The average molecular weight is 378 g/mol. The number of fused-ring (bicyclic) bond motifs is 1. The van der Waals surface area contributed by atoms with E-state index in [0.29, 0.717) is 0 Å². The lowest BCUT2D eigenvalue weighted by Gasteiger charge is -2.24. The number of nitrogens with one attached hydrogen (secondary N) is 2. The Morgan fingerprint density at radius 1 is 1.14 bits per heavy atom. The number of hydrogen-bond donors (Lipinski definition) is 3. The molecule has 1 amide bonds. The lowest BCUT2D eigenvalue weighted by Crippen LogP contribution is -2.25. The number of allylic oxidation sites excluding steroid dienone is 1. The van der Waals surface area contributed by atoms with Gasteiger partial charge in [-0.2, -0.15) is 5.10 Å². The zero-order chi connectivity index (χ0) is 19.7. The molecule has 3 N–H and O–H groups in total. The standard InChI is InChI=1S/C20H15FN4O3/c21-13-7-4-8-14(9-13)23-19(26)15-11-22-25-17(12-5-2-1-3-6-12)10-16(20(27)28)24-18(15)25/h1-11,17,24H,(H,23,26)(H,27,28). The molecule has 0 saturated carbocycles. The van der Waals surface area contributed by atoms with E-state index in [1.54, 1.807) is 10.7 Å². The number of carboxylic acids is 1. The van der Waals surface area contributed by atoms with Crippen LogP contribution in [0.4, 0.5) is 15.9 Å². The third-order valence-corrected chi connectivity index (χ3v) is 4.34. The van der Waals surface area contributed by atoms with E-state index in [-0.39, 0.29) is 22.8 Å². The molecule has 1 atom stereocenters. The predicted octanol–water partition coefficient (Wildman–Crippen LogP) is 3.26. The molecule has 0 fully saturated rings. The Kier molecular flexibility index (Phi) is 4.36. The third-order valence-electron chi connectivity index (χ3n) is 4.34. The van der Waals surface area contributed by atoms with Gasteiger partial charge in [0.05, 0.1) is 12.2 Å². The number of rotatable bonds is 4. The molecule has 1 aromatic heterocycles. The molecule has 2 aromatic carbocycles. The number of aliphatic carboxylic acids is 1. The number of anilines is 2. The molecule has 1 aliphatic heterocycles. The molecule has 8 heteroatoms. The van der Waals surface area contributed by atoms with Gasteiger partial charge < -0.3 is 15.7 Å². The molecule has 0 spiro atoms. The number of nitrogens with zero attached hydrogens (tertiary/aromatic N) is 2. The monoisotopic (exact) mass is 378 g/mol. The van der Waals surface area contributed by atoms with Gasteiger partial charge in [-0.1, -0.05) is 36.4 Å². The quantitative estimate of drug-likeness (QED) is 0.648. The van der Waals surface area contributed by atoms with Gasteiger partial charge in [0.25, 0.3) is 5.91 Å². The van der Waals surface area contributed by atoms with Crippen molar-refractivity contribution in [1.82, 2.24) is 9.78 Å². The van der Waals surface area contributed by atoms with Crippen LogP contribution >= 0.6 is 0 Å². The van der Waals surface area contributed by atoms with Gasteiger partial charge in [0, 0.05) is 5.69 Å². The van der Waals surface area contributed by atoms with E-state index in [4.69, 9.17) is 0 Å². The lowest BCUT2D eigenvalue weighted by atomic mass is 10.0. The highest BCUT2D eigenvalue weighted by Crippen LogP contribution is 2.32. The van der Waals surface area contributed by atoms with E-state index in [2.05, 4.69) is 15.7 Å². The minimum atomic E-state index is -1.15. The van der Waals surface area contributed by atoms with Crippen LogP contribution in [0.25, 0.3) is 0 Å². The van der Waals surface area contributed by atoms with Crippen LogP contribution in [0.1, 0.15) is 22.0 Å². The van der Waals surface area contributed by atoms with Crippen LogP contribution in [0.15, 0.2) is 72.6 Å². The van der Waals surface area contributed by atoms with Crippen molar-refractivity contribution in [3.05, 3.63) is 89.5 Å².